The number of benzene rings is 3. The maximum Gasteiger partial charge on any atom is 0.407 e. The number of rotatable bonds is 12. The standard InChI is InChI=1S/C37H44N2O6/c1-37(2,3)45-35(42)32(21-23-39(22-11-20-34(40)41)33-19-10-13-25-12-4-5-14-26(25)33)38-36(43)44-24-31-29-17-8-6-15-27(29)28-16-7-9-18-30(28)31/h4-9,12,14-18,31-33H,10-11,13,19-24H2,1-3H3,(H,38,43)(H,40,41)/t32-,33?/m1/s1. The molecule has 0 saturated heterocycles. The van der Waals surface area contributed by atoms with Crippen molar-refractivity contribution in [3.8, 4) is 11.1 Å². The third-order valence-electron chi connectivity index (χ3n) is 8.65. The zero-order chi connectivity index (χ0) is 32.0. The Hall–Kier alpha value is -4.17. The Morgan fingerprint density at radius 2 is 1.53 bits per heavy atom. The van der Waals surface area contributed by atoms with Crippen LogP contribution >= 0.6 is 0 Å². The average Bonchev–Trinajstić information content (AvgIpc) is 3.33. The Kier molecular flexibility index (Phi) is 10.2. The number of hydrogen-bond donors (Lipinski definition) is 2. The number of hydrogen-bond acceptors (Lipinski definition) is 6. The van der Waals surface area contributed by atoms with Gasteiger partial charge < -0.3 is 19.9 Å². The van der Waals surface area contributed by atoms with Crippen LogP contribution in [0.4, 0.5) is 4.79 Å². The summed E-state index contributed by atoms with van der Waals surface area (Å²) in [4.78, 5) is 40.2. The van der Waals surface area contributed by atoms with Gasteiger partial charge in [-0.05, 0) is 92.8 Å². The van der Waals surface area contributed by atoms with Gasteiger partial charge in [0.25, 0.3) is 0 Å². The number of nitrogens with one attached hydrogen (secondary N) is 1. The van der Waals surface area contributed by atoms with Crippen molar-refractivity contribution in [2.45, 2.75) is 82.9 Å². The molecule has 0 saturated carbocycles. The summed E-state index contributed by atoms with van der Waals surface area (Å²) in [5.41, 5.74) is 6.32. The van der Waals surface area contributed by atoms with Crippen LogP contribution in [0.3, 0.4) is 0 Å². The van der Waals surface area contributed by atoms with Crippen molar-refractivity contribution >= 4 is 18.0 Å². The second-order valence-electron chi connectivity index (χ2n) is 13.0. The quantitative estimate of drug-likeness (QED) is 0.215. The minimum Gasteiger partial charge on any atom is -0.481 e. The molecule has 2 N–H and O–H groups in total. The highest BCUT2D eigenvalue weighted by Crippen LogP contribution is 2.44. The van der Waals surface area contributed by atoms with E-state index in [-0.39, 0.29) is 25.0 Å². The molecule has 5 rings (SSSR count). The molecule has 0 aliphatic heterocycles. The molecule has 8 nitrogen and oxygen atoms in total. The first-order chi connectivity index (χ1) is 21.6. The fraction of sp³-hybridized carbons (Fsp3) is 0.432. The minimum atomic E-state index is -0.930. The number of carboxylic acids is 1. The zero-order valence-corrected chi connectivity index (χ0v) is 26.5. The SMILES string of the molecule is CC(C)(C)OC(=O)[C@@H](CCN(CCCC(=O)O)C1CCCc2ccccc21)NC(=O)OCC1c2ccccc2-c2ccccc21. The summed E-state index contributed by atoms with van der Waals surface area (Å²) in [5.74, 6) is -1.45. The number of aryl methyl sites for hydroxylation is 1. The van der Waals surface area contributed by atoms with E-state index in [1.54, 1.807) is 20.8 Å². The average molecular weight is 613 g/mol. The summed E-state index contributed by atoms with van der Waals surface area (Å²) in [6, 6.07) is 23.8. The molecule has 3 aromatic rings. The molecule has 0 fully saturated rings. The number of ether oxygens (including phenoxy) is 2. The number of carboxylic acid groups (broad SMARTS) is 1. The summed E-state index contributed by atoms with van der Waals surface area (Å²) in [6.45, 7) is 6.58. The van der Waals surface area contributed by atoms with Crippen molar-refractivity contribution in [1.82, 2.24) is 10.2 Å². The lowest BCUT2D eigenvalue weighted by Gasteiger charge is -2.36. The van der Waals surface area contributed by atoms with Gasteiger partial charge in [-0.15, -0.1) is 0 Å². The van der Waals surface area contributed by atoms with Gasteiger partial charge in [-0.3, -0.25) is 9.69 Å². The molecular weight excluding hydrogens is 568 g/mol. The zero-order valence-electron chi connectivity index (χ0n) is 26.5. The second kappa shape index (κ2) is 14.3. The number of carbonyl (C=O) groups excluding carboxylic acids is 2. The Bertz CT molecular complexity index is 1470. The largest absolute Gasteiger partial charge is 0.481 e. The molecule has 45 heavy (non-hydrogen) atoms. The fourth-order valence-corrected chi connectivity index (χ4v) is 6.66. The second-order valence-corrected chi connectivity index (χ2v) is 13.0. The number of esters is 1. The molecular formula is C37H44N2O6. The van der Waals surface area contributed by atoms with Crippen molar-refractivity contribution in [1.29, 1.82) is 0 Å². The highest BCUT2D eigenvalue weighted by molar-refractivity contribution is 5.82. The Labute approximate surface area is 265 Å². The lowest BCUT2D eigenvalue weighted by atomic mass is 9.86. The Balaban J connectivity index is 1.29. The van der Waals surface area contributed by atoms with Crippen molar-refractivity contribution in [3.63, 3.8) is 0 Å². The highest BCUT2D eigenvalue weighted by Gasteiger charge is 2.32. The van der Waals surface area contributed by atoms with Crippen LogP contribution in [0.15, 0.2) is 72.8 Å². The monoisotopic (exact) mass is 612 g/mol. The molecule has 1 unspecified atom stereocenters. The van der Waals surface area contributed by atoms with Gasteiger partial charge in [0.15, 0.2) is 0 Å². The fourth-order valence-electron chi connectivity index (χ4n) is 6.66. The maximum atomic E-state index is 13.4. The predicted octanol–water partition coefficient (Wildman–Crippen LogP) is 6.87. The summed E-state index contributed by atoms with van der Waals surface area (Å²) in [5, 5.41) is 12.1. The van der Waals surface area contributed by atoms with Crippen LogP contribution in [0.2, 0.25) is 0 Å². The molecule has 0 radical (unpaired) electrons. The van der Waals surface area contributed by atoms with Gasteiger partial charge in [0.05, 0.1) is 0 Å². The minimum absolute atomic E-state index is 0.0678. The summed E-state index contributed by atoms with van der Waals surface area (Å²) < 4.78 is 11.5. The molecule has 3 aromatic carbocycles. The van der Waals surface area contributed by atoms with Crippen LogP contribution in [0.25, 0.3) is 11.1 Å². The number of fused-ring (bicyclic) bond motifs is 4. The van der Waals surface area contributed by atoms with Gasteiger partial charge in [-0.25, -0.2) is 9.59 Å². The van der Waals surface area contributed by atoms with Crippen molar-refractivity contribution in [3.05, 3.63) is 95.1 Å². The summed E-state index contributed by atoms with van der Waals surface area (Å²) in [6.07, 6.45) is 3.17. The lowest BCUT2D eigenvalue weighted by Crippen LogP contribution is -2.46. The molecule has 0 aromatic heterocycles. The first kappa shape index (κ1) is 32.2. The van der Waals surface area contributed by atoms with Crippen LogP contribution in [0.1, 0.15) is 87.1 Å². The van der Waals surface area contributed by atoms with Gasteiger partial charge in [-0.2, -0.15) is 0 Å². The van der Waals surface area contributed by atoms with E-state index in [1.807, 2.05) is 36.4 Å². The molecule has 0 spiro atoms. The number of alkyl carbamates (subject to hydrolysis) is 1. The third-order valence-corrected chi connectivity index (χ3v) is 8.65. The van der Waals surface area contributed by atoms with E-state index < -0.39 is 29.7 Å². The molecule has 0 heterocycles. The van der Waals surface area contributed by atoms with Crippen LogP contribution in [-0.4, -0.2) is 59.4 Å². The molecule has 1 amide bonds. The van der Waals surface area contributed by atoms with Gasteiger partial charge >= 0.3 is 18.0 Å². The van der Waals surface area contributed by atoms with E-state index in [4.69, 9.17) is 9.47 Å². The first-order valence-corrected chi connectivity index (χ1v) is 16.0. The van der Waals surface area contributed by atoms with E-state index in [0.29, 0.717) is 25.9 Å². The van der Waals surface area contributed by atoms with Gasteiger partial charge in [0.1, 0.15) is 18.2 Å². The summed E-state index contributed by atoms with van der Waals surface area (Å²) in [7, 11) is 0. The maximum absolute atomic E-state index is 13.4. The molecule has 8 heteroatoms. The number of amides is 1. The molecule has 2 aliphatic rings. The molecule has 238 valence electrons. The topological polar surface area (TPSA) is 105 Å². The smallest absolute Gasteiger partial charge is 0.407 e. The van der Waals surface area contributed by atoms with Crippen LogP contribution in [-0.2, 0) is 25.5 Å². The molecule has 0 bridgehead atoms. The normalized spacial score (nSPS) is 16.3. The van der Waals surface area contributed by atoms with Crippen molar-refractivity contribution < 1.29 is 29.0 Å². The van der Waals surface area contributed by atoms with Crippen LogP contribution in [0.5, 0.6) is 0 Å². The predicted molar refractivity (Wildman–Crippen MR) is 173 cm³/mol. The first-order valence-electron chi connectivity index (χ1n) is 16.0. The van der Waals surface area contributed by atoms with E-state index in [2.05, 4.69) is 46.6 Å². The number of carbonyl (C=O) groups is 3. The van der Waals surface area contributed by atoms with Crippen molar-refractivity contribution in [2.75, 3.05) is 19.7 Å². The van der Waals surface area contributed by atoms with E-state index in [1.165, 1.54) is 11.1 Å². The van der Waals surface area contributed by atoms with E-state index in [9.17, 15) is 19.5 Å². The number of nitrogens with zero attached hydrogens (tertiary/aromatic N) is 1. The summed E-state index contributed by atoms with van der Waals surface area (Å²) >= 11 is 0. The van der Waals surface area contributed by atoms with Gasteiger partial charge in [-0.1, -0.05) is 72.8 Å². The van der Waals surface area contributed by atoms with Crippen LogP contribution in [0, 0.1) is 0 Å². The van der Waals surface area contributed by atoms with Crippen molar-refractivity contribution in [2.24, 2.45) is 0 Å². The Morgan fingerprint density at radius 3 is 2.18 bits per heavy atom. The van der Waals surface area contributed by atoms with E-state index >= 15 is 0 Å². The Morgan fingerprint density at radius 1 is 0.911 bits per heavy atom. The lowest BCUT2D eigenvalue weighted by molar-refractivity contribution is -0.157. The van der Waals surface area contributed by atoms with Gasteiger partial charge in [0.2, 0.25) is 0 Å². The molecule has 2 atom stereocenters. The van der Waals surface area contributed by atoms with Crippen LogP contribution < -0.4 is 5.32 Å². The van der Waals surface area contributed by atoms with E-state index in [0.717, 1.165) is 41.5 Å². The number of aliphatic carboxylic acids is 1. The highest BCUT2D eigenvalue weighted by atomic mass is 16.6. The van der Waals surface area contributed by atoms with Gasteiger partial charge in [0, 0.05) is 24.9 Å². The molecule has 2 aliphatic carbocycles. The third kappa shape index (κ3) is 8.11.